The molecule has 158 valence electrons. The van der Waals surface area contributed by atoms with Crippen molar-refractivity contribution in [3.63, 3.8) is 0 Å². The van der Waals surface area contributed by atoms with Gasteiger partial charge in [-0.2, -0.15) is 0 Å². The summed E-state index contributed by atoms with van der Waals surface area (Å²) in [5.74, 6) is 2.99. The topological polar surface area (TPSA) is 69.2 Å². The van der Waals surface area contributed by atoms with Crippen LogP contribution in [0.15, 0.2) is 36.4 Å². The summed E-state index contributed by atoms with van der Waals surface area (Å²) in [5.41, 5.74) is 1.86. The van der Waals surface area contributed by atoms with E-state index in [2.05, 4.69) is 18.3 Å². The lowest BCUT2D eigenvalue weighted by molar-refractivity contribution is 0.102. The lowest BCUT2D eigenvalue weighted by Crippen LogP contribution is -2.38. The maximum absolute atomic E-state index is 10.6. The Kier molecular flexibility index (Phi) is 6.55. The zero-order valence-corrected chi connectivity index (χ0v) is 17.8. The molecule has 0 amide bonds. The molecule has 1 aliphatic rings. The second kappa shape index (κ2) is 8.93. The van der Waals surface area contributed by atoms with Crippen LogP contribution in [-0.2, 0) is 0 Å². The minimum atomic E-state index is -0.362. The first-order valence-corrected chi connectivity index (χ1v) is 9.80. The first kappa shape index (κ1) is 21.3. The first-order chi connectivity index (χ1) is 14.0. The molecule has 0 aliphatic carbocycles. The summed E-state index contributed by atoms with van der Waals surface area (Å²) in [7, 11) is 6.54. The van der Waals surface area contributed by atoms with Gasteiger partial charge in [-0.15, -0.1) is 0 Å². The number of hydrogen-bond donors (Lipinski definition) is 2. The van der Waals surface area contributed by atoms with E-state index in [0.29, 0.717) is 23.0 Å². The summed E-state index contributed by atoms with van der Waals surface area (Å²) in [6, 6.07) is 12.0. The van der Waals surface area contributed by atoms with Gasteiger partial charge >= 0.3 is 0 Å². The Balaban J connectivity index is 2.01. The molecule has 1 saturated heterocycles. The molecule has 3 atom stereocenters. The maximum Gasteiger partial charge on any atom is 0.160 e. The fourth-order valence-corrected chi connectivity index (χ4v) is 4.51. The van der Waals surface area contributed by atoms with Gasteiger partial charge in [0.2, 0.25) is 0 Å². The second-order valence-corrected chi connectivity index (χ2v) is 7.53. The number of aliphatic hydroxyl groups is 1. The van der Waals surface area contributed by atoms with E-state index in [1.54, 1.807) is 28.4 Å². The lowest BCUT2D eigenvalue weighted by atomic mass is 9.65. The van der Waals surface area contributed by atoms with Gasteiger partial charge in [0.05, 0.1) is 35.0 Å². The number of nitrogens with one attached hydrogen (secondary N) is 1. The summed E-state index contributed by atoms with van der Waals surface area (Å²) in [5, 5.41) is 14.1. The minimum Gasteiger partial charge on any atom is -0.493 e. The molecule has 0 saturated carbocycles. The monoisotopic (exact) mass is 401 g/mol. The fourth-order valence-electron chi connectivity index (χ4n) is 4.51. The molecule has 1 aliphatic heterocycles. The summed E-state index contributed by atoms with van der Waals surface area (Å²) in [4.78, 5) is 0. The van der Waals surface area contributed by atoms with Gasteiger partial charge < -0.3 is 29.4 Å². The third-order valence-corrected chi connectivity index (χ3v) is 6.37. The lowest BCUT2D eigenvalue weighted by Gasteiger charge is -2.39. The molecular formula is C23H31NO5. The van der Waals surface area contributed by atoms with Crippen molar-refractivity contribution in [3.8, 4) is 23.0 Å². The van der Waals surface area contributed by atoms with E-state index in [4.69, 9.17) is 18.9 Å². The van der Waals surface area contributed by atoms with E-state index in [-0.39, 0.29) is 23.9 Å². The van der Waals surface area contributed by atoms with Crippen molar-refractivity contribution in [1.82, 2.24) is 5.32 Å². The van der Waals surface area contributed by atoms with Crippen molar-refractivity contribution in [3.05, 3.63) is 47.5 Å². The molecular weight excluding hydrogens is 370 g/mol. The average molecular weight is 402 g/mol. The summed E-state index contributed by atoms with van der Waals surface area (Å²) < 4.78 is 21.7. The normalized spacial score (nSPS) is 22.2. The minimum absolute atomic E-state index is 0.0640. The third-order valence-electron chi connectivity index (χ3n) is 6.37. The second-order valence-electron chi connectivity index (χ2n) is 7.53. The Morgan fingerprint density at radius 3 is 2.10 bits per heavy atom. The standard InChI is InChI=1S/C23H31NO5/c1-15(16-6-8-19(26-2)21(10-16)28-4)23(14-25)13-24-12-18(23)17-7-9-20(27-3)22(11-17)29-5/h6-11,15,18,24-25H,12-14H2,1-5H3. The number of hydrogen-bond acceptors (Lipinski definition) is 6. The third kappa shape index (κ3) is 3.74. The zero-order valence-electron chi connectivity index (χ0n) is 17.8. The predicted molar refractivity (Wildman–Crippen MR) is 113 cm³/mol. The summed E-state index contributed by atoms with van der Waals surface area (Å²) in [6.45, 7) is 3.73. The molecule has 0 aromatic heterocycles. The Labute approximate surface area is 172 Å². The molecule has 3 unspecified atom stereocenters. The fraction of sp³-hybridized carbons (Fsp3) is 0.478. The van der Waals surface area contributed by atoms with Crippen LogP contribution in [0.2, 0.25) is 0 Å². The van der Waals surface area contributed by atoms with Crippen molar-refractivity contribution in [1.29, 1.82) is 0 Å². The molecule has 6 nitrogen and oxygen atoms in total. The highest BCUT2D eigenvalue weighted by Crippen LogP contribution is 2.50. The zero-order chi connectivity index (χ0) is 21.0. The van der Waals surface area contributed by atoms with Gasteiger partial charge in [-0.1, -0.05) is 19.1 Å². The molecule has 0 spiro atoms. The van der Waals surface area contributed by atoms with Gasteiger partial charge in [0.15, 0.2) is 23.0 Å². The Bertz CT molecular complexity index is 840. The molecule has 0 radical (unpaired) electrons. The van der Waals surface area contributed by atoms with Crippen molar-refractivity contribution in [2.75, 3.05) is 48.1 Å². The smallest absolute Gasteiger partial charge is 0.160 e. The molecule has 6 heteroatoms. The Morgan fingerprint density at radius 2 is 1.52 bits per heavy atom. The van der Waals surface area contributed by atoms with Gasteiger partial charge in [0.25, 0.3) is 0 Å². The molecule has 29 heavy (non-hydrogen) atoms. The van der Waals surface area contributed by atoms with Gasteiger partial charge in [0, 0.05) is 24.4 Å². The molecule has 3 rings (SSSR count). The van der Waals surface area contributed by atoms with Crippen LogP contribution in [0.4, 0.5) is 0 Å². The van der Waals surface area contributed by atoms with Crippen molar-refractivity contribution < 1.29 is 24.1 Å². The van der Waals surface area contributed by atoms with E-state index in [1.165, 1.54) is 0 Å². The van der Waals surface area contributed by atoms with Crippen LogP contribution < -0.4 is 24.3 Å². The van der Waals surface area contributed by atoms with E-state index in [9.17, 15) is 5.11 Å². The van der Waals surface area contributed by atoms with Crippen LogP contribution >= 0.6 is 0 Å². The van der Waals surface area contributed by atoms with E-state index in [0.717, 1.165) is 24.2 Å². The molecule has 1 heterocycles. The maximum atomic E-state index is 10.6. The summed E-state index contributed by atoms with van der Waals surface area (Å²) in [6.07, 6.45) is 0. The number of ether oxygens (including phenoxy) is 4. The number of rotatable bonds is 8. The highest BCUT2D eigenvalue weighted by atomic mass is 16.5. The average Bonchev–Trinajstić information content (AvgIpc) is 3.22. The summed E-state index contributed by atoms with van der Waals surface area (Å²) >= 11 is 0. The largest absolute Gasteiger partial charge is 0.493 e. The quantitative estimate of drug-likeness (QED) is 0.708. The first-order valence-electron chi connectivity index (χ1n) is 9.80. The number of methoxy groups -OCH3 is 4. The van der Waals surface area contributed by atoms with Gasteiger partial charge in [-0.05, 0) is 41.3 Å². The van der Waals surface area contributed by atoms with Crippen molar-refractivity contribution >= 4 is 0 Å². The van der Waals surface area contributed by atoms with E-state index in [1.807, 2.05) is 30.3 Å². The van der Waals surface area contributed by atoms with Gasteiger partial charge in [-0.25, -0.2) is 0 Å². The van der Waals surface area contributed by atoms with Gasteiger partial charge in [-0.3, -0.25) is 0 Å². The van der Waals surface area contributed by atoms with Crippen LogP contribution in [-0.4, -0.2) is 53.2 Å². The molecule has 1 fully saturated rings. The predicted octanol–water partition coefficient (Wildman–Crippen LogP) is 3.19. The Morgan fingerprint density at radius 1 is 0.931 bits per heavy atom. The van der Waals surface area contributed by atoms with Crippen molar-refractivity contribution in [2.24, 2.45) is 5.41 Å². The number of benzene rings is 2. The number of aliphatic hydroxyl groups excluding tert-OH is 1. The molecule has 2 N–H and O–H groups in total. The Hall–Kier alpha value is -2.44. The van der Waals surface area contributed by atoms with Crippen LogP contribution in [0.3, 0.4) is 0 Å². The van der Waals surface area contributed by atoms with E-state index < -0.39 is 0 Å². The highest BCUT2D eigenvalue weighted by Gasteiger charge is 2.48. The van der Waals surface area contributed by atoms with Crippen LogP contribution in [0.1, 0.15) is 29.9 Å². The molecule has 2 aromatic rings. The van der Waals surface area contributed by atoms with E-state index >= 15 is 0 Å². The van der Waals surface area contributed by atoms with Crippen molar-refractivity contribution in [2.45, 2.75) is 18.8 Å². The highest BCUT2D eigenvalue weighted by molar-refractivity contribution is 5.47. The molecule has 0 bridgehead atoms. The van der Waals surface area contributed by atoms with Crippen LogP contribution in [0.5, 0.6) is 23.0 Å². The van der Waals surface area contributed by atoms with Crippen LogP contribution in [0.25, 0.3) is 0 Å². The SMILES string of the molecule is COc1ccc(C(C)C2(CO)CNCC2c2ccc(OC)c(OC)c2)cc1OC. The molecule has 2 aromatic carbocycles. The van der Waals surface area contributed by atoms with Crippen LogP contribution in [0, 0.1) is 5.41 Å². The van der Waals surface area contributed by atoms with Gasteiger partial charge in [0.1, 0.15) is 0 Å².